The van der Waals surface area contributed by atoms with E-state index in [9.17, 15) is 9.90 Å². The fourth-order valence-electron chi connectivity index (χ4n) is 1.40. The molecule has 3 heteroatoms. The van der Waals surface area contributed by atoms with Crippen LogP contribution in [0.4, 0.5) is 0 Å². The average Bonchev–Trinajstić information content (AvgIpc) is 1.53. The summed E-state index contributed by atoms with van der Waals surface area (Å²) in [7, 11) is 0. The fourth-order valence-corrected chi connectivity index (χ4v) is 1.40. The predicted octanol–water partition coefficient (Wildman–Crippen LogP) is 1.20. The van der Waals surface area contributed by atoms with E-state index in [4.69, 9.17) is 0 Å². The van der Waals surface area contributed by atoms with Crippen molar-refractivity contribution >= 4 is 5.97 Å². The molecule has 0 aromatic carbocycles. The summed E-state index contributed by atoms with van der Waals surface area (Å²) in [5.74, 6) is -0.721. The van der Waals surface area contributed by atoms with E-state index < -0.39 is 5.97 Å². The third-order valence-electron chi connectivity index (χ3n) is 1.48. The number of aliphatic carboxylic acids is 1. The Labute approximate surface area is 85.5 Å². The van der Waals surface area contributed by atoms with Crippen LogP contribution >= 0.6 is 0 Å². The number of carbonyl (C=O) groups is 1. The Morgan fingerprint density at radius 2 is 1.83 bits per heavy atom. The van der Waals surface area contributed by atoms with Gasteiger partial charge in [-0.2, -0.15) is 0 Å². The Hall–Kier alpha value is 0.00247. The van der Waals surface area contributed by atoms with E-state index in [0.29, 0.717) is 0 Å². The molecule has 0 saturated heterocycles. The van der Waals surface area contributed by atoms with Crippen LogP contribution in [-0.2, 0) is 22.2 Å². The van der Waals surface area contributed by atoms with Crippen molar-refractivity contribution in [2.24, 2.45) is 11.3 Å². The molecule has 0 aromatic rings. The first-order valence-electron chi connectivity index (χ1n) is 4.01. The zero-order chi connectivity index (χ0) is 9.07. The van der Waals surface area contributed by atoms with Gasteiger partial charge in [0.05, 0.1) is 0 Å². The first kappa shape index (κ1) is 14.5. The van der Waals surface area contributed by atoms with Crippen molar-refractivity contribution < 1.29 is 27.3 Å². The van der Waals surface area contributed by atoms with Gasteiger partial charge in [-0.25, -0.2) is 0 Å². The fraction of sp³-hybridized carbons (Fsp3) is 0.889. The maximum Gasteiger partial charge on any atom is 3.00 e. The zero-order valence-corrected chi connectivity index (χ0v) is 9.49. The molecule has 0 saturated carbocycles. The van der Waals surface area contributed by atoms with Crippen LogP contribution in [0.3, 0.4) is 0 Å². The maximum absolute atomic E-state index is 10.2. The minimum atomic E-state index is -0.943. The summed E-state index contributed by atoms with van der Waals surface area (Å²) in [6, 6.07) is 0. The van der Waals surface area contributed by atoms with Crippen LogP contribution in [0, 0.1) is 11.3 Å². The molecule has 0 fully saturated rings. The second-order valence-electron chi connectivity index (χ2n) is 4.45. The quantitative estimate of drug-likeness (QED) is 0.700. The van der Waals surface area contributed by atoms with Crippen molar-refractivity contribution in [2.75, 3.05) is 0 Å². The van der Waals surface area contributed by atoms with E-state index in [-0.39, 0.29) is 35.1 Å². The van der Waals surface area contributed by atoms with Gasteiger partial charge >= 0.3 is 17.4 Å². The molecular weight excluding hydrogens is 192 g/mol. The summed E-state index contributed by atoms with van der Waals surface area (Å²) < 4.78 is 0. The molecule has 0 amide bonds. The molecule has 0 aromatic heterocycles. The first-order chi connectivity index (χ1) is 4.81. The van der Waals surface area contributed by atoms with Crippen molar-refractivity contribution in [3.8, 4) is 0 Å². The maximum atomic E-state index is 10.2. The smallest absolute Gasteiger partial charge is 0.550 e. The summed E-state index contributed by atoms with van der Waals surface area (Å²) in [6.07, 6.45) is 1.11. The number of carbonyl (C=O) groups excluding carboxylic acids is 1. The van der Waals surface area contributed by atoms with Crippen molar-refractivity contribution in [1.29, 1.82) is 0 Å². The Kier molecular flexibility index (Phi) is 6.79. The summed E-state index contributed by atoms with van der Waals surface area (Å²) >= 11 is 0. The van der Waals surface area contributed by atoms with Crippen LogP contribution in [0.15, 0.2) is 0 Å². The number of carboxylic acids is 1. The van der Waals surface area contributed by atoms with Gasteiger partial charge in [0, 0.05) is 5.97 Å². The van der Waals surface area contributed by atoms with Gasteiger partial charge < -0.3 is 9.90 Å². The molecule has 69 valence electrons. The van der Waals surface area contributed by atoms with Crippen LogP contribution in [0.2, 0.25) is 0 Å². The van der Waals surface area contributed by atoms with Crippen molar-refractivity contribution in [3.05, 3.63) is 0 Å². The van der Waals surface area contributed by atoms with Gasteiger partial charge in [-0.05, 0) is 24.2 Å². The predicted molar refractivity (Wildman–Crippen MR) is 42.9 cm³/mol. The monoisotopic (exact) mass is 209 g/mol. The Morgan fingerprint density at radius 3 is 2.08 bits per heavy atom. The van der Waals surface area contributed by atoms with Crippen molar-refractivity contribution in [1.82, 2.24) is 0 Å². The Morgan fingerprint density at radius 1 is 1.42 bits per heavy atom. The summed E-state index contributed by atoms with van der Waals surface area (Å²) in [5.41, 5.74) is 0.217. The number of carboxylic acid groups (broad SMARTS) is 1. The third kappa shape index (κ3) is 10.0. The second-order valence-corrected chi connectivity index (χ2v) is 4.45. The first-order valence-corrected chi connectivity index (χ1v) is 4.01. The van der Waals surface area contributed by atoms with Crippen LogP contribution in [-0.4, -0.2) is 5.97 Å². The van der Waals surface area contributed by atoms with E-state index in [1.807, 2.05) is 6.92 Å². The molecule has 2 nitrogen and oxygen atoms in total. The SMILES string of the molecule is CC(CC(=O)[O-])CC(C)(C)C.[Cr+3]. The van der Waals surface area contributed by atoms with Gasteiger partial charge in [-0.1, -0.05) is 27.7 Å². The van der Waals surface area contributed by atoms with Gasteiger partial charge in [-0.3, -0.25) is 0 Å². The second kappa shape index (κ2) is 5.61. The topological polar surface area (TPSA) is 40.1 Å². The van der Waals surface area contributed by atoms with E-state index in [1.165, 1.54) is 0 Å². The van der Waals surface area contributed by atoms with Crippen LogP contribution < -0.4 is 5.11 Å². The van der Waals surface area contributed by atoms with Crippen molar-refractivity contribution in [2.45, 2.75) is 40.5 Å². The van der Waals surface area contributed by atoms with E-state index >= 15 is 0 Å². The van der Waals surface area contributed by atoms with E-state index in [2.05, 4.69) is 20.8 Å². The summed E-state index contributed by atoms with van der Waals surface area (Å²) in [4.78, 5) is 10.2. The standard InChI is InChI=1S/C9H18O2.Cr/c1-7(5-8(10)11)6-9(2,3)4;/h7H,5-6H2,1-4H3,(H,10,11);/q;+3/p-1. The minimum Gasteiger partial charge on any atom is -0.550 e. The molecule has 0 N–H and O–H groups in total. The number of hydrogen-bond donors (Lipinski definition) is 0. The van der Waals surface area contributed by atoms with E-state index in [0.717, 1.165) is 6.42 Å². The van der Waals surface area contributed by atoms with Crippen molar-refractivity contribution in [3.63, 3.8) is 0 Å². The summed E-state index contributed by atoms with van der Waals surface area (Å²) in [5, 5.41) is 10.2. The van der Waals surface area contributed by atoms with Crippen LogP contribution in [0.5, 0.6) is 0 Å². The molecule has 0 aliphatic heterocycles. The van der Waals surface area contributed by atoms with Gasteiger partial charge in [0.1, 0.15) is 0 Å². The van der Waals surface area contributed by atoms with Gasteiger partial charge in [0.2, 0.25) is 0 Å². The molecule has 0 bridgehead atoms. The Bertz CT molecular complexity index is 138. The van der Waals surface area contributed by atoms with Gasteiger partial charge in [0.15, 0.2) is 0 Å². The van der Waals surface area contributed by atoms with Gasteiger partial charge in [0.25, 0.3) is 0 Å². The third-order valence-corrected chi connectivity index (χ3v) is 1.48. The molecular formula is C9H17CrO2+2. The molecule has 1 unspecified atom stereocenters. The molecule has 0 aliphatic carbocycles. The normalized spacial score (nSPS) is 13.3. The molecule has 0 spiro atoms. The molecule has 1 atom stereocenters. The number of hydrogen-bond acceptors (Lipinski definition) is 2. The Balaban J connectivity index is 0. The summed E-state index contributed by atoms with van der Waals surface area (Å²) in [6.45, 7) is 8.28. The number of rotatable bonds is 3. The molecule has 12 heavy (non-hydrogen) atoms. The van der Waals surface area contributed by atoms with E-state index in [1.54, 1.807) is 0 Å². The average molecular weight is 209 g/mol. The van der Waals surface area contributed by atoms with Crippen LogP contribution in [0.1, 0.15) is 40.5 Å². The van der Waals surface area contributed by atoms with Crippen LogP contribution in [0.25, 0.3) is 0 Å². The molecule has 1 radical (unpaired) electrons. The molecule has 0 heterocycles. The zero-order valence-electron chi connectivity index (χ0n) is 8.22. The minimum absolute atomic E-state index is 0. The van der Waals surface area contributed by atoms with Gasteiger partial charge in [-0.15, -0.1) is 0 Å². The molecule has 0 aliphatic rings. The molecule has 0 rings (SSSR count). The largest absolute Gasteiger partial charge is 3.00 e.